The van der Waals surface area contributed by atoms with Crippen LogP contribution in [0.5, 0.6) is 11.5 Å². The second kappa shape index (κ2) is 10.5. The van der Waals surface area contributed by atoms with E-state index in [1.807, 2.05) is 13.0 Å². The van der Waals surface area contributed by atoms with Crippen LogP contribution in [0.3, 0.4) is 0 Å². The zero-order valence-corrected chi connectivity index (χ0v) is 19.2. The Kier molecular flexibility index (Phi) is 7.06. The van der Waals surface area contributed by atoms with E-state index in [2.05, 4.69) is 15.8 Å². The van der Waals surface area contributed by atoms with Gasteiger partial charge in [0.25, 0.3) is 17.4 Å². The second-order valence-electron chi connectivity index (χ2n) is 7.59. The number of carbonyl (C=O) groups excluding carboxylic acids is 2. The maximum absolute atomic E-state index is 12.7. The van der Waals surface area contributed by atoms with Gasteiger partial charge in [0.15, 0.2) is 6.10 Å². The Morgan fingerprint density at radius 2 is 1.63 bits per heavy atom. The van der Waals surface area contributed by atoms with E-state index in [0.29, 0.717) is 40.3 Å². The Hall–Kier alpha value is -4.66. The lowest BCUT2D eigenvalue weighted by atomic mass is 10.2. The smallest absolute Gasteiger partial charge is 0.279 e. The molecule has 2 amide bonds. The number of nitrogens with zero attached hydrogens (tertiary/aromatic N) is 2. The van der Waals surface area contributed by atoms with Gasteiger partial charge < -0.3 is 9.47 Å². The van der Waals surface area contributed by atoms with E-state index >= 15 is 0 Å². The summed E-state index contributed by atoms with van der Waals surface area (Å²) in [6, 6.07) is 20.3. The van der Waals surface area contributed by atoms with Crippen molar-refractivity contribution in [1.82, 2.24) is 20.4 Å². The van der Waals surface area contributed by atoms with Crippen LogP contribution in [0, 0.1) is 0 Å². The summed E-state index contributed by atoms with van der Waals surface area (Å²) in [5, 5.41) is 0.501. The lowest BCUT2D eigenvalue weighted by Gasteiger charge is -2.15. The highest BCUT2D eigenvalue weighted by atomic mass is 16.5. The molecule has 9 nitrogen and oxygen atoms in total. The number of hydrogen-bond acceptors (Lipinski definition) is 6. The van der Waals surface area contributed by atoms with Gasteiger partial charge in [-0.25, -0.2) is 4.98 Å². The van der Waals surface area contributed by atoms with Crippen molar-refractivity contribution >= 4 is 22.7 Å². The van der Waals surface area contributed by atoms with Crippen molar-refractivity contribution < 1.29 is 19.1 Å². The molecule has 0 saturated carbocycles. The number of para-hydroxylation sites is 1. The van der Waals surface area contributed by atoms with E-state index in [9.17, 15) is 14.4 Å². The molecular weight excluding hydrogens is 448 g/mol. The van der Waals surface area contributed by atoms with Crippen molar-refractivity contribution in [2.24, 2.45) is 0 Å². The van der Waals surface area contributed by atoms with Crippen LogP contribution in [0.25, 0.3) is 16.6 Å². The number of hydrazine groups is 1. The zero-order chi connectivity index (χ0) is 24.8. The Morgan fingerprint density at radius 3 is 2.34 bits per heavy atom. The molecule has 0 aliphatic heterocycles. The van der Waals surface area contributed by atoms with Crippen LogP contribution in [-0.2, 0) is 4.79 Å². The third-order valence-electron chi connectivity index (χ3n) is 5.19. The summed E-state index contributed by atoms with van der Waals surface area (Å²) in [6.07, 6.45) is 0.606. The minimum atomic E-state index is -0.845. The van der Waals surface area contributed by atoms with E-state index in [0.717, 1.165) is 0 Å². The van der Waals surface area contributed by atoms with Gasteiger partial charge in [0.1, 0.15) is 17.8 Å². The lowest BCUT2D eigenvalue weighted by molar-refractivity contribution is -0.128. The first-order chi connectivity index (χ1) is 17.0. The highest BCUT2D eigenvalue weighted by Gasteiger charge is 2.16. The van der Waals surface area contributed by atoms with Gasteiger partial charge in [0, 0.05) is 5.56 Å². The van der Waals surface area contributed by atoms with Crippen molar-refractivity contribution in [2.45, 2.75) is 20.0 Å². The normalized spacial score (nSPS) is 11.5. The van der Waals surface area contributed by atoms with Gasteiger partial charge in [-0.3, -0.25) is 29.8 Å². The highest BCUT2D eigenvalue weighted by Crippen LogP contribution is 2.18. The third kappa shape index (κ3) is 5.47. The lowest BCUT2D eigenvalue weighted by Crippen LogP contribution is -2.47. The van der Waals surface area contributed by atoms with Gasteiger partial charge in [-0.15, -0.1) is 0 Å². The third-order valence-corrected chi connectivity index (χ3v) is 5.19. The predicted octanol–water partition coefficient (Wildman–Crippen LogP) is 3.01. The number of hydrogen-bond donors (Lipinski definition) is 2. The number of rotatable bonds is 7. The van der Waals surface area contributed by atoms with Crippen LogP contribution in [0.2, 0.25) is 0 Å². The molecule has 2 N–H and O–H groups in total. The summed E-state index contributed by atoms with van der Waals surface area (Å²) >= 11 is 0. The monoisotopic (exact) mass is 472 g/mol. The van der Waals surface area contributed by atoms with Crippen LogP contribution in [0.15, 0.2) is 83.9 Å². The van der Waals surface area contributed by atoms with Crippen molar-refractivity contribution in [1.29, 1.82) is 0 Å². The highest BCUT2D eigenvalue weighted by molar-refractivity contribution is 5.96. The number of carbonyl (C=O) groups is 2. The molecule has 4 rings (SSSR count). The summed E-state index contributed by atoms with van der Waals surface area (Å²) in [4.78, 5) is 41.8. The van der Waals surface area contributed by atoms with Crippen molar-refractivity contribution in [2.75, 3.05) is 6.61 Å². The van der Waals surface area contributed by atoms with Gasteiger partial charge in [-0.2, -0.15) is 0 Å². The van der Waals surface area contributed by atoms with E-state index in [1.165, 1.54) is 10.9 Å². The summed E-state index contributed by atoms with van der Waals surface area (Å²) in [5.74, 6) is 0.174. The first kappa shape index (κ1) is 23.5. The molecule has 0 saturated heterocycles. The van der Waals surface area contributed by atoms with Gasteiger partial charge in [0.05, 0.1) is 23.2 Å². The molecule has 3 aromatic carbocycles. The number of fused-ring (bicyclic) bond motifs is 1. The Bertz CT molecular complexity index is 1400. The van der Waals surface area contributed by atoms with E-state index in [4.69, 9.17) is 9.47 Å². The first-order valence-electron chi connectivity index (χ1n) is 11.0. The maximum atomic E-state index is 12.7. The van der Waals surface area contributed by atoms with Gasteiger partial charge in [-0.05, 0) is 74.5 Å². The SMILES string of the molecule is CCOc1ccc(O[C@H](C)C(=O)NNC(=O)c2ccc(-n3cnc4ccccc4c3=O)cc2)cc1. The maximum Gasteiger partial charge on any atom is 0.279 e. The molecule has 9 heteroatoms. The summed E-state index contributed by atoms with van der Waals surface area (Å²) in [6.45, 7) is 4.02. The molecule has 178 valence electrons. The average molecular weight is 473 g/mol. The summed E-state index contributed by atoms with van der Waals surface area (Å²) in [7, 11) is 0. The molecular formula is C26H24N4O5. The quantitative estimate of drug-likeness (QED) is 0.400. The fourth-order valence-corrected chi connectivity index (χ4v) is 3.36. The minimum absolute atomic E-state index is 0.207. The molecule has 1 atom stereocenters. The van der Waals surface area contributed by atoms with Crippen LogP contribution in [0.1, 0.15) is 24.2 Å². The van der Waals surface area contributed by atoms with E-state index in [-0.39, 0.29) is 5.56 Å². The topological polar surface area (TPSA) is 112 Å². The van der Waals surface area contributed by atoms with E-state index < -0.39 is 17.9 Å². The van der Waals surface area contributed by atoms with Gasteiger partial charge >= 0.3 is 0 Å². The number of ether oxygens (including phenoxy) is 2. The van der Waals surface area contributed by atoms with Crippen molar-refractivity contribution in [3.05, 3.63) is 95.0 Å². The molecule has 1 heterocycles. The molecule has 0 spiro atoms. The fourth-order valence-electron chi connectivity index (χ4n) is 3.36. The van der Waals surface area contributed by atoms with Crippen molar-refractivity contribution in [3.63, 3.8) is 0 Å². The molecule has 0 aliphatic rings. The molecule has 0 fully saturated rings. The summed E-state index contributed by atoms with van der Waals surface area (Å²) < 4.78 is 12.4. The van der Waals surface area contributed by atoms with Gasteiger partial charge in [-0.1, -0.05) is 12.1 Å². The Labute approximate surface area is 201 Å². The molecule has 4 aromatic rings. The zero-order valence-electron chi connectivity index (χ0n) is 19.2. The van der Waals surface area contributed by atoms with Crippen LogP contribution in [-0.4, -0.2) is 34.1 Å². The van der Waals surface area contributed by atoms with Crippen LogP contribution < -0.4 is 25.9 Å². The molecule has 35 heavy (non-hydrogen) atoms. The fraction of sp³-hybridized carbons (Fsp3) is 0.154. The van der Waals surface area contributed by atoms with Crippen LogP contribution >= 0.6 is 0 Å². The van der Waals surface area contributed by atoms with E-state index in [1.54, 1.807) is 73.7 Å². The largest absolute Gasteiger partial charge is 0.494 e. The number of benzene rings is 3. The molecule has 0 aliphatic carbocycles. The molecule has 0 unspecified atom stereocenters. The molecule has 0 bridgehead atoms. The molecule has 1 aromatic heterocycles. The number of aromatic nitrogens is 2. The minimum Gasteiger partial charge on any atom is -0.494 e. The average Bonchev–Trinajstić information content (AvgIpc) is 2.89. The second-order valence-corrected chi connectivity index (χ2v) is 7.59. The first-order valence-corrected chi connectivity index (χ1v) is 11.0. The Morgan fingerprint density at radius 1 is 0.943 bits per heavy atom. The van der Waals surface area contributed by atoms with Crippen molar-refractivity contribution in [3.8, 4) is 17.2 Å². The van der Waals surface area contributed by atoms with Crippen LogP contribution in [0.4, 0.5) is 0 Å². The Balaban J connectivity index is 1.35. The molecule has 0 radical (unpaired) electrons. The number of nitrogens with one attached hydrogen (secondary N) is 2. The standard InChI is InChI=1S/C26H24N4O5/c1-3-34-20-12-14-21(15-13-20)35-17(2)24(31)28-29-25(32)18-8-10-19(11-9-18)30-16-27-23-7-5-4-6-22(23)26(30)33/h4-17H,3H2,1-2H3,(H,28,31)(H,29,32)/t17-/m1/s1. The summed E-state index contributed by atoms with van der Waals surface area (Å²) in [5.41, 5.74) is 5.99. The predicted molar refractivity (Wildman–Crippen MR) is 131 cm³/mol. The number of amides is 2. The van der Waals surface area contributed by atoms with Gasteiger partial charge in [0.2, 0.25) is 0 Å².